The second kappa shape index (κ2) is 6.51. The molecule has 1 aromatic heterocycles. The summed E-state index contributed by atoms with van der Waals surface area (Å²) in [6.45, 7) is 9.62. The molecule has 0 unspecified atom stereocenters. The lowest BCUT2D eigenvalue weighted by Gasteiger charge is -2.09. The average Bonchev–Trinajstić information content (AvgIpc) is 2.16. The highest BCUT2D eigenvalue weighted by atomic mass is 16.5. The highest BCUT2D eigenvalue weighted by Crippen LogP contribution is 2.15. The minimum Gasteiger partial charge on any atom is -0.492 e. The van der Waals surface area contributed by atoms with Crippen molar-refractivity contribution in [3.05, 3.63) is 24.0 Å². The summed E-state index contributed by atoms with van der Waals surface area (Å²) in [5, 5.41) is 0. The molecule has 0 bridgehead atoms. The summed E-state index contributed by atoms with van der Waals surface area (Å²) in [5.74, 6) is 2.25. The van der Waals surface area contributed by atoms with Crippen LogP contribution >= 0.6 is 0 Å². The van der Waals surface area contributed by atoms with Crippen molar-refractivity contribution in [3.8, 4) is 5.75 Å². The number of pyridine rings is 1. The van der Waals surface area contributed by atoms with Crippen molar-refractivity contribution in [2.45, 2.75) is 40.5 Å². The van der Waals surface area contributed by atoms with Gasteiger partial charge in [-0.15, -0.1) is 0 Å². The molecular weight excluding hydrogens is 198 g/mol. The molecule has 1 rings (SSSR count). The number of aromatic nitrogens is 1. The Labute approximate surface area is 99.0 Å². The predicted octanol–water partition coefficient (Wildman–Crippen LogP) is 3.71. The molecule has 1 heterocycles. The third kappa shape index (κ3) is 5.15. The van der Waals surface area contributed by atoms with Crippen molar-refractivity contribution in [2.24, 2.45) is 11.8 Å². The summed E-state index contributed by atoms with van der Waals surface area (Å²) in [7, 11) is 0. The molecule has 0 spiro atoms. The average molecular weight is 221 g/mol. The van der Waals surface area contributed by atoms with E-state index in [1.807, 2.05) is 6.20 Å². The van der Waals surface area contributed by atoms with E-state index in [4.69, 9.17) is 4.74 Å². The van der Waals surface area contributed by atoms with Gasteiger partial charge in [-0.25, -0.2) is 0 Å². The molecule has 0 saturated carbocycles. The molecule has 0 aliphatic carbocycles. The van der Waals surface area contributed by atoms with Crippen LogP contribution in [0, 0.1) is 11.8 Å². The molecule has 1 aromatic rings. The van der Waals surface area contributed by atoms with E-state index in [2.05, 4.69) is 38.7 Å². The summed E-state index contributed by atoms with van der Waals surface area (Å²) in [6.07, 6.45) is 5.88. The lowest BCUT2D eigenvalue weighted by Crippen LogP contribution is -2.02. The zero-order valence-corrected chi connectivity index (χ0v) is 10.9. The third-order valence-electron chi connectivity index (χ3n) is 2.38. The molecule has 2 nitrogen and oxygen atoms in total. The third-order valence-corrected chi connectivity index (χ3v) is 2.38. The Balaban J connectivity index is 2.47. The van der Waals surface area contributed by atoms with Crippen molar-refractivity contribution in [3.63, 3.8) is 0 Å². The largest absolute Gasteiger partial charge is 0.492 e. The van der Waals surface area contributed by atoms with E-state index in [-0.39, 0.29) is 0 Å². The summed E-state index contributed by atoms with van der Waals surface area (Å²) < 4.78 is 5.68. The normalized spacial score (nSPS) is 11.1. The molecule has 0 saturated heterocycles. The molecule has 16 heavy (non-hydrogen) atoms. The van der Waals surface area contributed by atoms with Gasteiger partial charge in [0, 0.05) is 6.20 Å². The Bertz CT molecular complexity index is 307. The fraction of sp³-hybridized carbons (Fsp3) is 0.643. The summed E-state index contributed by atoms with van der Waals surface area (Å²) in [4.78, 5) is 4.21. The van der Waals surface area contributed by atoms with Gasteiger partial charge in [0.1, 0.15) is 5.75 Å². The highest BCUT2D eigenvalue weighted by molar-refractivity contribution is 5.23. The van der Waals surface area contributed by atoms with Gasteiger partial charge in [-0.1, -0.05) is 27.7 Å². The first-order valence-corrected chi connectivity index (χ1v) is 6.14. The zero-order chi connectivity index (χ0) is 12.0. The smallest absolute Gasteiger partial charge is 0.137 e. The van der Waals surface area contributed by atoms with Gasteiger partial charge in [0.25, 0.3) is 0 Å². The number of hydrogen-bond donors (Lipinski definition) is 0. The number of hydrogen-bond acceptors (Lipinski definition) is 2. The van der Waals surface area contributed by atoms with Crippen molar-refractivity contribution in [2.75, 3.05) is 6.61 Å². The van der Waals surface area contributed by atoms with E-state index in [0.717, 1.165) is 25.2 Å². The van der Waals surface area contributed by atoms with Crippen LogP contribution in [0.15, 0.2) is 18.5 Å². The molecule has 90 valence electrons. The van der Waals surface area contributed by atoms with Gasteiger partial charge < -0.3 is 4.74 Å². The number of rotatable bonds is 6. The zero-order valence-electron chi connectivity index (χ0n) is 10.9. The summed E-state index contributed by atoms with van der Waals surface area (Å²) in [6, 6.07) is 2.10. The van der Waals surface area contributed by atoms with Crippen molar-refractivity contribution in [1.82, 2.24) is 4.98 Å². The Hall–Kier alpha value is -1.05. The molecule has 0 fully saturated rings. The predicted molar refractivity (Wildman–Crippen MR) is 67.7 cm³/mol. The first-order chi connectivity index (χ1) is 7.58. The van der Waals surface area contributed by atoms with Crippen LogP contribution in [0.25, 0.3) is 0 Å². The summed E-state index contributed by atoms with van der Waals surface area (Å²) in [5.41, 5.74) is 1.26. The Kier molecular flexibility index (Phi) is 5.30. The molecule has 0 atom stereocenters. The van der Waals surface area contributed by atoms with E-state index >= 15 is 0 Å². The van der Waals surface area contributed by atoms with Crippen LogP contribution in [0.5, 0.6) is 5.75 Å². The second-order valence-corrected chi connectivity index (χ2v) is 5.16. The van der Waals surface area contributed by atoms with E-state index in [0.29, 0.717) is 11.8 Å². The van der Waals surface area contributed by atoms with Gasteiger partial charge in [-0.05, 0) is 36.3 Å². The van der Waals surface area contributed by atoms with Gasteiger partial charge in [-0.2, -0.15) is 0 Å². The lowest BCUT2D eigenvalue weighted by atomic mass is 10.1. The first kappa shape index (κ1) is 13.0. The van der Waals surface area contributed by atoms with Crippen LogP contribution in [-0.4, -0.2) is 11.6 Å². The number of ether oxygens (including phenoxy) is 1. The second-order valence-electron chi connectivity index (χ2n) is 5.16. The van der Waals surface area contributed by atoms with E-state index in [1.54, 1.807) is 6.20 Å². The van der Waals surface area contributed by atoms with Gasteiger partial charge in [0.15, 0.2) is 0 Å². The molecule has 2 heteroatoms. The molecule has 0 aliphatic heterocycles. The van der Waals surface area contributed by atoms with Gasteiger partial charge in [-0.3, -0.25) is 4.98 Å². The molecule has 0 aromatic carbocycles. The quantitative estimate of drug-likeness (QED) is 0.730. The molecule has 0 radical (unpaired) electrons. The SMILES string of the molecule is CC(C)CCOc1cncc(CC(C)C)c1. The van der Waals surface area contributed by atoms with Crippen molar-refractivity contribution in [1.29, 1.82) is 0 Å². The first-order valence-electron chi connectivity index (χ1n) is 6.14. The Morgan fingerprint density at radius 2 is 1.88 bits per heavy atom. The fourth-order valence-electron chi connectivity index (χ4n) is 1.54. The standard InChI is InChI=1S/C14H23NO/c1-11(2)5-6-16-14-8-13(7-12(3)4)9-15-10-14/h8-12H,5-7H2,1-4H3. The maximum Gasteiger partial charge on any atom is 0.137 e. The van der Waals surface area contributed by atoms with E-state index in [9.17, 15) is 0 Å². The molecular formula is C14H23NO. The van der Waals surface area contributed by atoms with E-state index in [1.165, 1.54) is 5.56 Å². The van der Waals surface area contributed by atoms with Gasteiger partial charge >= 0.3 is 0 Å². The topological polar surface area (TPSA) is 22.1 Å². The van der Waals surface area contributed by atoms with Crippen LogP contribution in [0.1, 0.15) is 39.7 Å². The fourth-order valence-corrected chi connectivity index (χ4v) is 1.54. The monoisotopic (exact) mass is 221 g/mol. The van der Waals surface area contributed by atoms with Gasteiger partial charge in [0.2, 0.25) is 0 Å². The van der Waals surface area contributed by atoms with E-state index < -0.39 is 0 Å². The molecule has 0 aliphatic rings. The van der Waals surface area contributed by atoms with Crippen LogP contribution in [0.3, 0.4) is 0 Å². The Morgan fingerprint density at radius 3 is 2.50 bits per heavy atom. The van der Waals surface area contributed by atoms with Crippen LogP contribution in [0.2, 0.25) is 0 Å². The minimum absolute atomic E-state index is 0.660. The molecule has 0 N–H and O–H groups in total. The van der Waals surface area contributed by atoms with Gasteiger partial charge in [0.05, 0.1) is 12.8 Å². The summed E-state index contributed by atoms with van der Waals surface area (Å²) >= 11 is 0. The van der Waals surface area contributed by atoms with Crippen molar-refractivity contribution < 1.29 is 4.74 Å². The lowest BCUT2D eigenvalue weighted by molar-refractivity contribution is 0.288. The maximum atomic E-state index is 5.68. The minimum atomic E-state index is 0.660. The van der Waals surface area contributed by atoms with Crippen LogP contribution in [0.4, 0.5) is 0 Å². The molecule has 0 amide bonds. The Morgan fingerprint density at radius 1 is 1.12 bits per heavy atom. The van der Waals surface area contributed by atoms with Crippen LogP contribution in [-0.2, 0) is 6.42 Å². The van der Waals surface area contributed by atoms with Crippen LogP contribution < -0.4 is 4.74 Å². The highest BCUT2D eigenvalue weighted by Gasteiger charge is 2.01. The maximum absolute atomic E-state index is 5.68. The van der Waals surface area contributed by atoms with Crippen molar-refractivity contribution >= 4 is 0 Å². The number of nitrogens with zero attached hydrogens (tertiary/aromatic N) is 1.